The molecule has 0 aliphatic rings. The highest BCUT2D eigenvalue weighted by Crippen LogP contribution is 2.01. The normalized spacial score (nSPS) is 12.7. The van der Waals surface area contributed by atoms with E-state index in [1.807, 2.05) is 0 Å². The van der Waals surface area contributed by atoms with Gasteiger partial charge in [-0.3, -0.25) is 9.59 Å². The maximum Gasteiger partial charge on any atom is 0.305 e. The molecule has 0 fully saturated rings. The van der Waals surface area contributed by atoms with Crippen LogP contribution in [0.25, 0.3) is 0 Å². The average molecular weight is 308 g/mol. The smallest absolute Gasteiger partial charge is 0.305 e. The lowest BCUT2D eigenvalue weighted by atomic mass is 10.2. The summed E-state index contributed by atoms with van der Waals surface area (Å²) in [6.07, 6.45) is 1.46. The number of rotatable bonds is 9. The van der Waals surface area contributed by atoms with Gasteiger partial charge in [-0.25, -0.2) is 0 Å². The van der Waals surface area contributed by atoms with Gasteiger partial charge in [0.1, 0.15) is 0 Å². The molecule has 0 saturated heterocycles. The Hall–Kier alpha value is -1.18. The number of carbonyl (C=O) groups is 2. The fraction of sp³-hybridized carbons (Fsp3) is 0.857. The molecule has 126 valence electrons. The van der Waals surface area contributed by atoms with Crippen molar-refractivity contribution >= 4 is 11.9 Å². The first kappa shape index (κ1) is 22.1. The van der Waals surface area contributed by atoms with Crippen molar-refractivity contribution in [1.29, 1.82) is 0 Å². The van der Waals surface area contributed by atoms with Crippen molar-refractivity contribution in [1.82, 2.24) is 0 Å². The van der Waals surface area contributed by atoms with Crippen LogP contribution >= 0.6 is 0 Å². The first-order valence-corrected chi connectivity index (χ1v) is 6.91. The number of esters is 2. The Morgan fingerprint density at radius 1 is 1.00 bits per heavy atom. The van der Waals surface area contributed by atoms with Crippen molar-refractivity contribution in [2.24, 2.45) is 0 Å². The van der Waals surface area contributed by atoms with Crippen molar-refractivity contribution in [3.8, 4) is 0 Å². The molecule has 0 radical (unpaired) electrons. The molecule has 7 nitrogen and oxygen atoms in total. The van der Waals surface area contributed by atoms with E-state index in [-0.39, 0.29) is 24.6 Å². The van der Waals surface area contributed by atoms with Crippen molar-refractivity contribution in [2.45, 2.75) is 51.7 Å². The molecule has 0 aromatic rings. The minimum atomic E-state index is -0.445. The van der Waals surface area contributed by atoms with Gasteiger partial charge < -0.3 is 24.4 Å². The lowest BCUT2D eigenvalue weighted by molar-refractivity contribution is -0.142. The number of hydrogen-bond acceptors (Lipinski definition) is 7. The summed E-state index contributed by atoms with van der Waals surface area (Å²) in [5.41, 5.74) is 0. The molecule has 7 heteroatoms. The van der Waals surface area contributed by atoms with Crippen LogP contribution in [-0.4, -0.2) is 61.8 Å². The zero-order chi connectivity index (χ0) is 16.7. The zero-order valence-corrected chi connectivity index (χ0v) is 13.3. The average Bonchev–Trinajstić information content (AvgIpc) is 2.48. The van der Waals surface area contributed by atoms with E-state index in [2.05, 4.69) is 9.47 Å². The Labute approximate surface area is 126 Å². The molecule has 2 unspecified atom stereocenters. The summed E-state index contributed by atoms with van der Waals surface area (Å²) in [5.74, 6) is -0.472. The van der Waals surface area contributed by atoms with Crippen LogP contribution in [0.3, 0.4) is 0 Å². The van der Waals surface area contributed by atoms with Crippen molar-refractivity contribution in [3.05, 3.63) is 0 Å². The lowest BCUT2D eigenvalue weighted by Crippen LogP contribution is -2.19. The number of ether oxygens (including phenoxy) is 3. The molecule has 0 aliphatic carbocycles. The molecule has 21 heavy (non-hydrogen) atoms. The van der Waals surface area contributed by atoms with E-state index in [9.17, 15) is 9.59 Å². The van der Waals surface area contributed by atoms with E-state index in [1.165, 1.54) is 14.2 Å². The molecule has 2 N–H and O–H groups in total. The maximum absolute atomic E-state index is 10.6. The Kier molecular flexibility index (Phi) is 16.0. The molecular weight excluding hydrogens is 280 g/mol. The van der Waals surface area contributed by atoms with Crippen molar-refractivity contribution in [3.63, 3.8) is 0 Å². The van der Waals surface area contributed by atoms with E-state index in [0.29, 0.717) is 32.3 Å². The minimum Gasteiger partial charge on any atom is -0.469 e. The number of aliphatic hydroxyl groups excluding tert-OH is 2. The van der Waals surface area contributed by atoms with Gasteiger partial charge in [0.05, 0.1) is 39.6 Å². The maximum atomic E-state index is 10.6. The Morgan fingerprint density at radius 2 is 1.43 bits per heavy atom. The molecule has 0 bridgehead atoms. The Bertz CT molecular complexity index is 248. The molecule has 0 saturated carbocycles. The minimum absolute atomic E-state index is 0.00667. The van der Waals surface area contributed by atoms with E-state index in [0.717, 1.165) is 0 Å². The SMILES string of the molecule is CC(O)COC(C)CO.COC(=O)CCCCC(=O)OC. The zero-order valence-electron chi connectivity index (χ0n) is 13.3. The largest absolute Gasteiger partial charge is 0.469 e. The third kappa shape index (κ3) is 18.8. The third-order valence-corrected chi connectivity index (χ3v) is 2.35. The summed E-state index contributed by atoms with van der Waals surface area (Å²) in [6, 6.07) is 0. The number of unbranched alkanes of at least 4 members (excludes halogenated alkanes) is 1. The second-order valence-electron chi connectivity index (χ2n) is 4.53. The number of aliphatic hydroxyl groups is 2. The van der Waals surface area contributed by atoms with Crippen LogP contribution in [-0.2, 0) is 23.8 Å². The number of methoxy groups -OCH3 is 2. The highest BCUT2D eigenvalue weighted by Gasteiger charge is 2.02. The predicted molar refractivity (Wildman–Crippen MR) is 76.7 cm³/mol. The van der Waals surface area contributed by atoms with Crippen LogP contribution in [0.4, 0.5) is 0 Å². The molecule has 2 atom stereocenters. The van der Waals surface area contributed by atoms with E-state index in [1.54, 1.807) is 13.8 Å². The quantitative estimate of drug-likeness (QED) is 0.476. The van der Waals surface area contributed by atoms with Crippen LogP contribution in [0.1, 0.15) is 39.5 Å². The van der Waals surface area contributed by atoms with E-state index < -0.39 is 6.10 Å². The van der Waals surface area contributed by atoms with Gasteiger partial charge in [0, 0.05) is 12.8 Å². The van der Waals surface area contributed by atoms with Gasteiger partial charge in [0.25, 0.3) is 0 Å². The first-order chi connectivity index (χ1) is 9.87. The summed E-state index contributed by atoms with van der Waals surface area (Å²) in [7, 11) is 2.70. The second-order valence-corrected chi connectivity index (χ2v) is 4.53. The fourth-order valence-corrected chi connectivity index (χ4v) is 1.10. The molecule has 0 spiro atoms. The summed E-state index contributed by atoms with van der Waals surface area (Å²) in [5, 5.41) is 17.1. The summed E-state index contributed by atoms with van der Waals surface area (Å²) in [4.78, 5) is 21.2. The van der Waals surface area contributed by atoms with Gasteiger partial charge >= 0.3 is 11.9 Å². The molecule has 0 rings (SSSR count). The van der Waals surface area contributed by atoms with E-state index in [4.69, 9.17) is 14.9 Å². The van der Waals surface area contributed by atoms with Crippen molar-refractivity contribution < 1.29 is 34.0 Å². The highest BCUT2D eigenvalue weighted by molar-refractivity contribution is 5.70. The van der Waals surface area contributed by atoms with Gasteiger partial charge in [-0.2, -0.15) is 0 Å². The molecule has 0 aromatic carbocycles. The Balaban J connectivity index is 0. The Morgan fingerprint density at radius 3 is 1.71 bits per heavy atom. The summed E-state index contributed by atoms with van der Waals surface area (Å²) in [6.45, 7) is 3.70. The molecule has 0 aromatic heterocycles. The predicted octanol–water partition coefficient (Wildman–Crippen LogP) is 0.657. The third-order valence-electron chi connectivity index (χ3n) is 2.35. The summed E-state index contributed by atoms with van der Waals surface area (Å²) < 4.78 is 13.8. The van der Waals surface area contributed by atoms with Gasteiger partial charge in [-0.1, -0.05) is 0 Å². The van der Waals surface area contributed by atoms with Gasteiger partial charge in [-0.15, -0.1) is 0 Å². The van der Waals surface area contributed by atoms with Crippen LogP contribution in [0.15, 0.2) is 0 Å². The van der Waals surface area contributed by atoms with E-state index >= 15 is 0 Å². The molecule has 0 aliphatic heterocycles. The topological polar surface area (TPSA) is 102 Å². The molecule has 0 heterocycles. The van der Waals surface area contributed by atoms with Crippen LogP contribution in [0, 0.1) is 0 Å². The van der Waals surface area contributed by atoms with Gasteiger partial charge in [-0.05, 0) is 26.7 Å². The number of carbonyl (C=O) groups excluding carboxylic acids is 2. The molecule has 0 amide bonds. The summed E-state index contributed by atoms with van der Waals surface area (Å²) >= 11 is 0. The van der Waals surface area contributed by atoms with Crippen molar-refractivity contribution in [2.75, 3.05) is 27.4 Å². The lowest BCUT2D eigenvalue weighted by Gasteiger charge is -2.10. The van der Waals surface area contributed by atoms with Crippen LogP contribution in [0.5, 0.6) is 0 Å². The second kappa shape index (κ2) is 15.2. The number of hydrogen-bond donors (Lipinski definition) is 2. The standard InChI is InChI=1S/C8H14O4.C6H14O3/c1-11-7(9)5-3-4-6-8(10)12-2;1-5(8)4-9-6(2)3-7/h3-6H2,1-2H3;5-8H,3-4H2,1-2H3. The first-order valence-electron chi connectivity index (χ1n) is 6.91. The van der Waals surface area contributed by atoms with Crippen LogP contribution < -0.4 is 0 Å². The monoisotopic (exact) mass is 308 g/mol. The van der Waals surface area contributed by atoms with Crippen LogP contribution in [0.2, 0.25) is 0 Å². The van der Waals surface area contributed by atoms with Gasteiger partial charge in [0.2, 0.25) is 0 Å². The fourth-order valence-electron chi connectivity index (χ4n) is 1.10. The van der Waals surface area contributed by atoms with Gasteiger partial charge in [0.15, 0.2) is 0 Å². The molecular formula is C14H28O7. The highest BCUT2D eigenvalue weighted by atomic mass is 16.5.